The Balaban J connectivity index is 2.56. The fraction of sp³-hybridized carbons (Fsp3) is 0.500. The van der Waals surface area contributed by atoms with Gasteiger partial charge in [0.05, 0.1) is 5.56 Å². The van der Waals surface area contributed by atoms with Crippen molar-refractivity contribution in [1.82, 2.24) is 5.32 Å². The number of nitrogens with one attached hydrogen (secondary N) is 1. The highest BCUT2D eigenvalue weighted by atomic mass is 19.4. The van der Waals surface area contributed by atoms with Crippen molar-refractivity contribution in [1.29, 1.82) is 0 Å². The average Bonchev–Trinajstić information content (AvgIpc) is 2.35. The van der Waals surface area contributed by atoms with Crippen molar-refractivity contribution in [2.24, 2.45) is 5.92 Å². The Morgan fingerprint density at radius 2 is 1.95 bits per heavy atom. The van der Waals surface area contributed by atoms with Crippen LogP contribution in [0.1, 0.15) is 26.3 Å². The van der Waals surface area contributed by atoms with Crippen LogP contribution in [0, 0.1) is 5.92 Å². The highest BCUT2D eigenvalue weighted by Gasteiger charge is 2.30. The Morgan fingerprint density at radius 3 is 2.50 bits per heavy atom. The van der Waals surface area contributed by atoms with E-state index in [4.69, 9.17) is 4.74 Å². The minimum absolute atomic E-state index is 0.0205. The smallest absolute Gasteiger partial charge is 0.416 e. The lowest BCUT2D eigenvalue weighted by atomic mass is 10.1. The minimum Gasteiger partial charge on any atom is -0.484 e. The van der Waals surface area contributed by atoms with Crippen molar-refractivity contribution in [3.05, 3.63) is 29.8 Å². The molecule has 1 atom stereocenters. The van der Waals surface area contributed by atoms with E-state index in [1.54, 1.807) is 0 Å². The topological polar surface area (TPSA) is 38.3 Å². The molecule has 0 fully saturated rings. The third-order valence-corrected chi connectivity index (χ3v) is 2.92. The van der Waals surface area contributed by atoms with Gasteiger partial charge in [0.15, 0.2) is 6.61 Å². The van der Waals surface area contributed by atoms with Crippen LogP contribution in [0.3, 0.4) is 0 Å². The molecule has 0 aliphatic rings. The summed E-state index contributed by atoms with van der Waals surface area (Å²) in [5.74, 6) is -0.0664. The molecule has 6 heteroatoms. The van der Waals surface area contributed by atoms with Gasteiger partial charge in [-0.3, -0.25) is 4.79 Å². The third-order valence-electron chi connectivity index (χ3n) is 2.92. The summed E-state index contributed by atoms with van der Waals surface area (Å²) in [7, 11) is 0. The molecule has 1 aromatic carbocycles. The number of hydrogen-bond donors (Lipinski definition) is 1. The molecule has 1 aromatic rings. The lowest BCUT2D eigenvalue weighted by Gasteiger charge is -2.17. The Hall–Kier alpha value is -1.72. The predicted octanol–water partition coefficient (Wildman–Crippen LogP) is 3.24. The van der Waals surface area contributed by atoms with Crippen LogP contribution in [0.15, 0.2) is 24.3 Å². The van der Waals surface area contributed by atoms with Gasteiger partial charge in [-0.2, -0.15) is 13.2 Å². The summed E-state index contributed by atoms with van der Waals surface area (Å²) in [6.07, 6.45) is -4.42. The van der Waals surface area contributed by atoms with Crippen LogP contribution in [-0.2, 0) is 11.0 Å². The quantitative estimate of drug-likeness (QED) is 0.903. The van der Waals surface area contributed by atoms with Crippen LogP contribution < -0.4 is 10.1 Å². The van der Waals surface area contributed by atoms with Gasteiger partial charge in [0.1, 0.15) is 5.75 Å². The van der Waals surface area contributed by atoms with Gasteiger partial charge in [-0.15, -0.1) is 0 Å². The number of amides is 1. The van der Waals surface area contributed by atoms with E-state index in [0.717, 1.165) is 12.1 Å². The van der Waals surface area contributed by atoms with Crippen LogP contribution in [-0.4, -0.2) is 18.6 Å². The highest BCUT2D eigenvalue weighted by Crippen LogP contribution is 2.31. The van der Waals surface area contributed by atoms with Gasteiger partial charge in [0.2, 0.25) is 0 Å². The Kier molecular flexibility index (Phi) is 5.42. The molecule has 0 spiro atoms. The first-order valence-corrected chi connectivity index (χ1v) is 6.29. The normalized spacial score (nSPS) is 13.2. The zero-order chi connectivity index (χ0) is 15.3. The van der Waals surface area contributed by atoms with Crippen LogP contribution in [0.25, 0.3) is 0 Å². The Morgan fingerprint density at radius 1 is 1.30 bits per heavy atom. The van der Waals surface area contributed by atoms with Crippen LogP contribution in [0.5, 0.6) is 5.75 Å². The zero-order valence-corrected chi connectivity index (χ0v) is 11.6. The monoisotopic (exact) mass is 289 g/mol. The third kappa shape index (κ3) is 5.11. The van der Waals surface area contributed by atoms with Crippen molar-refractivity contribution in [3.8, 4) is 5.75 Å². The lowest BCUT2D eigenvalue weighted by Crippen LogP contribution is -2.38. The minimum atomic E-state index is -4.42. The number of alkyl halides is 3. The number of carbonyl (C=O) groups excluding carboxylic acids is 1. The molecule has 0 aliphatic heterocycles. The summed E-state index contributed by atoms with van der Waals surface area (Å²) in [6, 6.07) is 4.43. The van der Waals surface area contributed by atoms with Crippen molar-refractivity contribution >= 4 is 5.91 Å². The van der Waals surface area contributed by atoms with Crippen molar-refractivity contribution in [2.45, 2.75) is 33.0 Å². The van der Waals surface area contributed by atoms with E-state index in [2.05, 4.69) is 5.32 Å². The number of benzene rings is 1. The van der Waals surface area contributed by atoms with Gasteiger partial charge < -0.3 is 10.1 Å². The van der Waals surface area contributed by atoms with Crippen molar-refractivity contribution in [2.75, 3.05) is 6.61 Å². The van der Waals surface area contributed by atoms with E-state index in [-0.39, 0.29) is 30.2 Å². The molecule has 0 saturated heterocycles. The van der Waals surface area contributed by atoms with Crippen LogP contribution in [0.4, 0.5) is 13.2 Å². The second kappa shape index (κ2) is 6.63. The maximum Gasteiger partial charge on any atom is 0.416 e. The standard InChI is InChI=1S/C14H18F3NO2/c1-9(2)10(3)18-13(19)8-20-12-6-4-5-11(7-12)14(15,16)17/h4-7,9-10H,8H2,1-3H3,(H,18,19). The number of hydrogen-bond acceptors (Lipinski definition) is 2. The van der Waals surface area contributed by atoms with Gasteiger partial charge in [-0.25, -0.2) is 0 Å². The largest absolute Gasteiger partial charge is 0.484 e. The molecule has 0 aromatic heterocycles. The van der Waals surface area contributed by atoms with Gasteiger partial charge in [0, 0.05) is 6.04 Å². The molecule has 20 heavy (non-hydrogen) atoms. The van der Waals surface area contributed by atoms with E-state index in [1.165, 1.54) is 12.1 Å². The van der Waals surface area contributed by atoms with E-state index in [0.29, 0.717) is 0 Å². The molecule has 3 nitrogen and oxygen atoms in total. The van der Waals surface area contributed by atoms with Crippen LogP contribution in [0.2, 0.25) is 0 Å². The van der Waals surface area contributed by atoms with E-state index < -0.39 is 11.7 Å². The number of rotatable bonds is 5. The number of ether oxygens (including phenoxy) is 1. The molecule has 0 radical (unpaired) electrons. The molecule has 0 aliphatic carbocycles. The summed E-state index contributed by atoms with van der Waals surface area (Å²) >= 11 is 0. The first kappa shape index (κ1) is 16.3. The molecule has 1 N–H and O–H groups in total. The summed E-state index contributed by atoms with van der Waals surface area (Å²) in [4.78, 5) is 11.6. The van der Waals surface area contributed by atoms with E-state index in [1.807, 2.05) is 20.8 Å². The highest BCUT2D eigenvalue weighted by molar-refractivity contribution is 5.77. The molecule has 1 unspecified atom stereocenters. The first-order chi connectivity index (χ1) is 9.20. The summed E-state index contributed by atoms with van der Waals surface area (Å²) in [6.45, 7) is 5.46. The first-order valence-electron chi connectivity index (χ1n) is 6.29. The van der Waals surface area contributed by atoms with Gasteiger partial charge in [-0.05, 0) is 31.0 Å². The average molecular weight is 289 g/mol. The molecular formula is C14H18F3NO2. The number of carbonyl (C=O) groups is 1. The maximum absolute atomic E-state index is 12.5. The molecule has 112 valence electrons. The number of halogens is 3. The summed E-state index contributed by atoms with van der Waals surface area (Å²) < 4.78 is 42.6. The Labute approximate surface area is 116 Å². The van der Waals surface area contributed by atoms with E-state index in [9.17, 15) is 18.0 Å². The molecule has 0 bridgehead atoms. The lowest BCUT2D eigenvalue weighted by molar-refractivity contribution is -0.137. The fourth-order valence-electron chi connectivity index (χ4n) is 1.37. The second-order valence-electron chi connectivity index (χ2n) is 4.91. The van der Waals surface area contributed by atoms with Crippen LogP contribution >= 0.6 is 0 Å². The summed E-state index contributed by atoms with van der Waals surface area (Å²) in [5.41, 5.74) is -0.800. The van der Waals surface area contributed by atoms with Crippen molar-refractivity contribution < 1.29 is 22.7 Å². The van der Waals surface area contributed by atoms with Gasteiger partial charge in [0.25, 0.3) is 5.91 Å². The molecule has 0 saturated carbocycles. The van der Waals surface area contributed by atoms with Crippen molar-refractivity contribution in [3.63, 3.8) is 0 Å². The van der Waals surface area contributed by atoms with Gasteiger partial charge in [-0.1, -0.05) is 19.9 Å². The molecule has 1 rings (SSSR count). The zero-order valence-electron chi connectivity index (χ0n) is 11.6. The molecule has 1 amide bonds. The molecular weight excluding hydrogens is 271 g/mol. The van der Waals surface area contributed by atoms with Gasteiger partial charge >= 0.3 is 6.18 Å². The van der Waals surface area contributed by atoms with E-state index >= 15 is 0 Å². The molecule has 0 heterocycles. The predicted molar refractivity (Wildman–Crippen MR) is 69.4 cm³/mol. The summed E-state index contributed by atoms with van der Waals surface area (Å²) in [5, 5.41) is 2.71. The fourth-order valence-corrected chi connectivity index (χ4v) is 1.37. The Bertz CT molecular complexity index is 458. The SMILES string of the molecule is CC(C)C(C)NC(=O)COc1cccc(C(F)(F)F)c1. The second-order valence-corrected chi connectivity index (χ2v) is 4.91. The maximum atomic E-state index is 12.5.